The average molecular weight is 363 g/mol. The second-order valence-corrected chi connectivity index (χ2v) is 5.86. The van der Waals surface area contributed by atoms with E-state index in [1.54, 1.807) is 35.9 Å². The molecule has 0 aliphatic carbocycles. The number of nitrogens with zero attached hydrogens (tertiary/aromatic N) is 3. The van der Waals surface area contributed by atoms with E-state index in [2.05, 4.69) is 20.5 Å². The van der Waals surface area contributed by atoms with Crippen LogP contribution in [0.1, 0.15) is 11.1 Å². The summed E-state index contributed by atoms with van der Waals surface area (Å²) in [5.41, 5.74) is 9.49. The van der Waals surface area contributed by atoms with E-state index in [1.165, 1.54) is 17.4 Å². The van der Waals surface area contributed by atoms with Gasteiger partial charge in [0.1, 0.15) is 5.82 Å². The molecule has 0 aliphatic rings. The summed E-state index contributed by atoms with van der Waals surface area (Å²) in [6.07, 6.45) is -1.96. The van der Waals surface area contributed by atoms with Crippen LogP contribution in [0.5, 0.6) is 0 Å². The third-order valence-corrected chi connectivity index (χ3v) is 3.96. The molecule has 3 aromatic rings. The topological polar surface area (TPSA) is 76.2 Å². The van der Waals surface area contributed by atoms with Crippen LogP contribution in [0.15, 0.2) is 53.1 Å². The number of nitrogens with two attached hydrogens (primary N) is 1. The molecule has 9 heteroatoms. The number of benzene rings is 1. The van der Waals surface area contributed by atoms with Crippen molar-refractivity contribution in [3.05, 3.63) is 59.1 Å². The van der Waals surface area contributed by atoms with Crippen LogP contribution in [0.4, 0.5) is 24.1 Å². The number of hydrazone groups is 1. The minimum absolute atomic E-state index is 0.427. The number of anilines is 2. The summed E-state index contributed by atoms with van der Waals surface area (Å²) in [5, 5.41) is 6.32. The molecule has 0 saturated carbocycles. The Morgan fingerprint density at radius 1 is 1.12 bits per heavy atom. The normalized spacial score (nSPS) is 11.8. The van der Waals surface area contributed by atoms with E-state index in [0.29, 0.717) is 22.2 Å². The molecule has 0 atom stereocenters. The Hall–Kier alpha value is -2.94. The van der Waals surface area contributed by atoms with Gasteiger partial charge in [0.2, 0.25) is 5.13 Å². The first-order valence-electron chi connectivity index (χ1n) is 7.05. The molecule has 0 saturated heterocycles. The van der Waals surface area contributed by atoms with Crippen molar-refractivity contribution in [3.63, 3.8) is 0 Å². The molecule has 2 aromatic heterocycles. The van der Waals surface area contributed by atoms with Crippen molar-refractivity contribution >= 4 is 28.5 Å². The first kappa shape index (κ1) is 16.9. The van der Waals surface area contributed by atoms with Gasteiger partial charge in [-0.05, 0) is 17.7 Å². The van der Waals surface area contributed by atoms with Crippen molar-refractivity contribution in [2.24, 2.45) is 5.10 Å². The maximum Gasteiger partial charge on any atom is 0.417 e. The first-order chi connectivity index (χ1) is 11.9. The molecule has 128 valence electrons. The number of pyridine rings is 1. The third-order valence-electron chi connectivity index (χ3n) is 3.19. The second kappa shape index (κ2) is 6.89. The predicted molar refractivity (Wildman–Crippen MR) is 92.4 cm³/mol. The van der Waals surface area contributed by atoms with Gasteiger partial charge in [-0.25, -0.2) is 4.98 Å². The summed E-state index contributed by atoms with van der Waals surface area (Å²) in [7, 11) is 0. The summed E-state index contributed by atoms with van der Waals surface area (Å²) in [6, 6.07) is 9.46. The quantitative estimate of drug-likeness (QED) is 0.537. The molecule has 0 fully saturated rings. The van der Waals surface area contributed by atoms with E-state index in [9.17, 15) is 13.2 Å². The number of aromatic nitrogens is 2. The van der Waals surface area contributed by atoms with Gasteiger partial charge in [-0.1, -0.05) is 24.3 Å². The van der Waals surface area contributed by atoms with Gasteiger partial charge in [0, 0.05) is 17.1 Å². The van der Waals surface area contributed by atoms with Crippen molar-refractivity contribution in [1.29, 1.82) is 0 Å². The molecule has 0 unspecified atom stereocenters. The Balaban J connectivity index is 1.67. The molecular weight excluding hydrogens is 351 g/mol. The van der Waals surface area contributed by atoms with Crippen molar-refractivity contribution in [3.8, 4) is 11.3 Å². The summed E-state index contributed by atoms with van der Waals surface area (Å²) < 4.78 is 37.6. The highest BCUT2D eigenvalue weighted by Crippen LogP contribution is 2.29. The van der Waals surface area contributed by atoms with Crippen LogP contribution in [-0.2, 0) is 6.18 Å². The molecule has 0 bridgehead atoms. The van der Waals surface area contributed by atoms with Gasteiger partial charge in [-0.2, -0.15) is 18.3 Å². The Morgan fingerprint density at radius 2 is 1.88 bits per heavy atom. The molecule has 0 amide bonds. The fraction of sp³-hybridized carbons (Fsp3) is 0.0625. The van der Waals surface area contributed by atoms with Crippen molar-refractivity contribution < 1.29 is 13.2 Å². The van der Waals surface area contributed by atoms with Gasteiger partial charge in [0.25, 0.3) is 0 Å². The zero-order chi connectivity index (χ0) is 17.9. The van der Waals surface area contributed by atoms with E-state index in [1.807, 2.05) is 0 Å². The van der Waals surface area contributed by atoms with Crippen LogP contribution in [-0.4, -0.2) is 16.2 Å². The fourth-order valence-electron chi connectivity index (χ4n) is 1.97. The van der Waals surface area contributed by atoms with Gasteiger partial charge in [-0.3, -0.25) is 10.4 Å². The lowest BCUT2D eigenvalue weighted by atomic mass is 10.1. The number of thiazole rings is 1. The van der Waals surface area contributed by atoms with E-state index in [-0.39, 0.29) is 0 Å². The monoisotopic (exact) mass is 363 g/mol. The van der Waals surface area contributed by atoms with Crippen LogP contribution >= 0.6 is 11.3 Å². The summed E-state index contributed by atoms with van der Waals surface area (Å²) >= 11 is 1.34. The largest absolute Gasteiger partial charge is 0.417 e. The lowest BCUT2D eigenvalue weighted by Crippen LogP contribution is -2.05. The highest BCUT2D eigenvalue weighted by atomic mass is 32.1. The van der Waals surface area contributed by atoms with E-state index < -0.39 is 11.7 Å². The van der Waals surface area contributed by atoms with Crippen molar-refractivity contribution in [2.45, 2.75) is 6.18 Å². The molecule has 0 aliphatic heterocycles. The smallest absolute Gasteiger partial charge is 0.383 e. The Labute approximate surface area is 145 Å². The lowest BCUT2D eigenvalue weighted by molar-refractivity contribution is -0.137. The zero-order valence-corrected chi connectivity index (χ0v) is 13.5. The number of halogens is 3. The molecule has 3 N–H and O–H groups in total. The second-order valence-electron chi connectivity index (χ2n) is 5.00. The molecular formula is C16H12F3N5S. The van der Waals surface area contributed by atoms with Crippen LogP contribution in [0.3, 0.4) is 0 Å². The van der Waals surface area contributed by atoms with Crippen molar-refractivity contribution in [1.82, 2.24) is 9.97 Å². The van der Waals surface area contributed by atoms with Gasteiger partial charge in [-0.15, -0.1) is 11.3 Å². The Bertz CT molecular complexity index is 870. The summed E-state index contributed by atoms with van der Waals surface area (Å²) in [4.78, 5) is 7.87. The third kappa shape index (κ3) is 4.32. The molecule has 0 radical (unpaired) electrons. The number of nitrogen functional groups attached to an aromatic ring is 1. The Kier molecular flexibility index (Phi) is 4.66. The van der Waals surface area contributed by atoms with Crippen molar-refractivity contribution in [2.75, 3.05) is 11.2 Å². The zero-order valence-electron chi connectivity index (χ0n) is 12.7. The minimum Gasteiger partial charge on any atom is -0.383 e. The number of hydrogen-bond donors (Lipinski definition) is 2. The van der Waals surface area contributed by atoms with Gasteiger partial charge >= 0.3 is 6.18 Å². The molecule has 3 rings (SSSR count). The van der Waals surface area contributed by atoms with Gasteiger partial charge in [0.05, 0.1) is 17.5 Å². The molecule has 1 aromatic carbocycles. The summed E-state index contributed by atoms with van der Waals surface area (Å²) in [6.45, 7) is 0. The van der Waals surface area contributed by atoms with Crippen LogP contribution in [0.25, 0.3) is 11.3 Å². The van der Waals surface area contributed by atoms with Crippen LogP contribution in [0.2, 0.25) is 0 Å². The fourth-order valence-corrected chi connectivity index (χ4v) is 2.52. The molecule has 5 nitrogen and oxygen atoms in total. The molecule has 0 spiro atoms. The summed E-state index contributed by atoms with van der Waals surface area (Å²) in [5.74, 6) is 0.427. The van der Waals surface area contributed by atoms with Gasteiger partial charge < -0.3 is 5.73 Å². The maximum atomic E-state index is 12.5. The number of rotatable bonds is 4. The average Bonchev–Trinajstić information content (AvgIpc) is 3.00. The highest BCUT2D eigenvalue weighted by Gasteiger charge is 2.30. The predicted octanol–water partition coefficient (Wildman–Crippen LogP) is 4.25. The maximum absolute atomic E-state index is 12.5. The first-order valence-corrected chi connectivity index (χ1v) is 7.93. The highest BCUT2D eigenvalue weighted by molar-refractivity contribution is 7.14. The molecule has 25 heavy (non-hydrogen) atoms. The van der Waals surface area contributed by atoms with E-state index >= 15 is 0 Å². The minimum atomic E-state index is -4.39. The van der Waals surface area contributed by atoms with Gasteiger partial charge in [0.15, 0.2) is 0 Å². The molecule has 2 heterocycles. The number of alkyl halides is 3. The number of nitrogens with one attached hydrogen (secondary N) is 1. The lowest BCUT2D eigenvalue weighted by Gasteiger charge is -2.07. The van der Waals surface area contributed by atoms with Crippen LogP contribution in [0, 0.1) is 0 Å². The van der Waals surface area contributed by atoms with E-state index in [4.69, 9.17) is 5.73 Å². The van der Waals surface area contributed by atoms with Crippen LogP contribution < -0.4 is 11.2 Å². The standard InChI is InChI=1S/C16H12F3N5S/c17-16(18,19)12-5-6-13(21-8-12)11-3-1-10(2-4-11)7-22-24-15-23-14(20)9-25-15/h1-9H,20H2,(H,23,24). The SMILES string of the molecule is Nc1csc(NN=Cc2ccc(-c3ccc(C(F)(F)F)cn3)cc2)n1. The Morgan fingerprint density at radius 3 is 2.44 bits per heavy atom. The van der Waals surface area contributed by atoms with E-state index in [0.717, 1.165) is 17.8 Å². The number of hydrogen-bond acceptors (Lipinski definition) is 6.